The first-order valence-corrected chi connectivity index (χ1v) is 8.10. The summed E-state index contributed by atoms with van der Waals surface area (Å²) in [5.74, 6) is -0.588. The Bertz CT molecular complexity index is 791. The van der Waals surface area contributed by atoms with Crippen LogP contribution in [0.25, 0.3) is 0 Å². The molecule has 0 heterocycles. The molecule has 0 bridgehead atoms. The number of anilines is 1. The molecule has 5 nitrogen and oxygen atoms in total. The van der Waals surface area contributed by atoms with Crippen molar-refractivity contribution in [1.82, 2.24) is 0 Å². The summed E-state index contributed by atoms with van der Waals surface area (Å²) in [6.07, 6.45) is 1.05. The molecule has 128 valence electrons. The molecule has 0 saturated carbocycles. The largest absolute Gasteiger partial charge is 0.452 e. The van der Waals surface area contributed by atoms with Crippen molar-refractivity contribution in [1.29, 1.82) is 5.26 Å². The van der Waals surface area contributed by atoms with Crippen LogP contribution in [0.2, 0.25) is 0 Å². The number of hydrogen-bond acceptors (Lipinski definition) is 4. The van der Waals surface area contributed by atoms with Gasteiger partial charge in [0.05, 0.1) is 17.2 Å². The lowest BCUT2D eigenvalue weighted by Crippen LogP contribution is -2.21. The van der Waals surface area contributed by atoms with Gasteiger partial charge in [-0.05, 0) is 48.2 Å². The molecule has 2 aromatic carbocycles. The van der Waals surface area contributed by atoms with Gasteiger partial charge in [-0.1, -0.05) is 32.0 Å². The van der Waals surface area contributed by atoms with E-state index in [0.717, 1.165) is 6.42 Å². The first-order valence-electron chi connectivity index (χ1n) is 8.10. The minimum Gasteiger partial charge on any atom is -0.452 e. The average Bonchev–Trinajstić information content (AvgIpc) is 2.66. The lowest BCUT2D eigenvalue weighted by molar-refractivity contribution is -0.119. The van der Waals surface area contributed by atoms with Crippen LogP contribution in [0.15, 0.2) is 48.5 Å². The Labute approximate surface area is 147 Å². The lowest BCUT2D eigenvalue weighted by Gasteiger charge is -2.10. The van der Waals surface area contributed by atoms with E-state index in [2.05, 4.69) is 19.2 Å². The number of benzene rings is 2. The smallest absolute Gasteiger partial charge is 0.338 e. The number of esters is 1. The van der Waals surface area contributed by atoms with E-state index in [1.165, 1.54) is 17.7 Å². The van der Waals surface area contributed by atoms with Gasteiger partial charge >= 0.3 is 5.97 Å². The fourth-order valence-electron chi connectivity index (χ4n) is 2.26. The molecule has 0 radical (unpaired) electrons. The molecule has 2 rings (SSSR count). The second-order valence-electron chi connectivity index (χ2n) is 5.75. The molecule has 2 aromatic rings. The van der Waals surface area contributed by atoms with Crippen LogP contribution in [0.1, 0.15) is 47.7 Å². The average molecular weight is 336 g/mol. The molecule has 5 heteroatoms. The van der Waals surface area contributed by atoms with Crippen molar-refractivity contribution in [3.8, 4) is 6.07 Å². The van der Waals surface area contributed by atoms with E-state index in [9.17, 15) is 9.59 Å². The van der Waals surface area contributed by atoms with Gasteiger partial charge in [0.2, 0.25) is 0 Å². The Kier molecular flexibility index (Phi) is 6.30. The maximum Gasteiger partial charge on any atom is 0.338 e. The van der Waals surface area contributed by atoms with Gasteiger partial charge in [-0.15, -0.1) is 0 Å². The lowest BCUT2D eigenvalue weighted by atomic mass is 9.99. The molecule has 0 fully saturated rings. The van der Waals surface area contributed by atoms with Gasteiger partial charge in [0.15, 0.2) is 6.61 Å². The van der Waals surface area contributed by atoms with E-state index in [1.807, 2.05) is 30.3 Å². The summed E-state index contributed by atoms with van der Waals surface area (Å²) in [6.45, 7) is 3.89. The zero-order valence-electron chi connectivity index (χ0n) is 14.3. The molecule has 0 aliphatic carbocycles. The molecule has 1 amide bonds. The molecule has 0 aliphatic heterocycles. The SMILES string of the molecule is CC[C@H](C)c1ccc(NC(=O)COC(=O)c2cccc(C#N)c2)cc1. The third kappa shape index (κ3) is 5.18. The van der Waals surface area contributed by atoms with Crippen LogP contribution in [0.5, 0.6) is 0 Å². The molecule has 1 N–H and O–H groups in total. The van der Waals surface area contributed by atoms with E-state index in [-0.39, 0.29) is 12.2 Å². The fourth-order valence-corrected chi connectivity index (χ4v) is 2.26. The monoisotopic (exact) mass is 336 g/mol. The highest BCUT2D eigenvalue weighted by molar-refractivity contribution is 5.95. The zero-order valence-corrected chi connectivity index (χ0v) is 14.3. The number of ether oxygens (including phenoxy) is 1. The molecular formula is C20H20N2O3. The molecule has 25 heavy (non-hydrogen) atoms. The van der Waals surface area contributed by atoms with Crippen LogP contribution in [0.3, 0.4) is 0 Å². The minimum absolute atomic E-state index is 0.241. The zero-order chi connectivity index (χ0) is 18.2. The van der Waals surface area contributed by atoms with E-state index < -0.39 is 11.9 Å². The molecule has 0 unspecified atom stereocenters. The number of amides is 1. The number of nitrogens with zero attached hydrogens (tertiary/aromatic N) is 1. The second-order valence-corrected chi connectivity index (χ2v) is 5.75. The molecule has 0 aliphatic rings. The maximum atomic E-state index is 11.9. The number of carbonyl (C=O) groups is 2. The van der Waals surface area contributed by atoms with Gasteiger partial charge in [-0.3, -0.25) is 4.79 Å². The van der Waals surface area contributed by atoms with Crippen molar-refractivity contribution in [2.45, 2.75) is 26.2 Å². The van der Waals surface area contributed by atoms with Crippen LogP contribution in [0.4, 0.5) is 5.69 Å². The summed E-state index contributed by atoms with van der Waals surface area (Å²) >= 11 is 0. The summed E-state index contributed by atoms with van der Waals surface area (Å²) in [7, 11) is 0. The molecule has 1 atom stereocenters. The highest BCUT2D eigenvalue weighted by atomic mass is 16.5. The van der Waals surface area contributed by atoms with Crippen LogP contribution in [-0.4, -0.2) is 18.5 Å². The van der Waals surface area contributed by atoms with Crippen molar-refractivity contribution < 1.29 is 14.3 Å². The summed E-state index contributed by atoms with van der Waals surface area (Å²) < 4.78 is 4.98. The normalized spacial score (nSPS) is 11.2. The second kappa shape index (κ2) is 8.65. The van der Waals surface area contributed by atoms with E-state index in [1.54, 1.807) is 12.1 Å². The number of nitriles is 1. The molecule has 0 spiro atoms. The van der Waals surface area contributed by atoms with Gasteiger partial charge in [-0.2, -0.15) is 5.26 Å². The van der Waals surface area contributed by atoms with Crippen molar-refractivity contribution >= 4 is 17.6 Å². The summed E-state index contributed by atoms with van der Waals surface area (Å²) in [6, 6.07) is 15.7. The van der Waals surface area contributed by atoms with Crippen molar-refractivity contribution in [3.63, 3.8) is 0 Å². The number of nitrogens with one attached hydrogen (secondary N) is 1. The summed E-state index contributed by atoms with van der Waals surface area (Å²) in [4.78, 5) is 23.8. The standard InChI is InChI=1S/C20H20N2O3/c1-3-14(2)16-7-9-18(10-8-16)22-19(23)13-25-20(24)17-6-4-5-15(11-17)12-21/h4-11,14H,3,13H2,1-2H3,(H,22,23)/t14-/m0/s1. The molecule has 0 aromatic heterocycles. The van der Waals surface area contributed by atoms with Gasteiger partial charge in [0.25, 0.3) is 5.91 Å². The summed E-state index contributed by atoms with van der Waals surface area (Å²) in [5, 5.41) is 11.5. The van der Waals surface area contributed by atoms with Crippen molar-refractivity contribution in [2.75, 3.05) is 11.9 Å². The quantitative estimate of drug-likeness (QED) is 0.812. The van der Waals surface area contributed by atoms with Gasteiger partial charge < -0.3 is 10.1 Å². The minimum atomic E-state index is -0.639. The van der Waals surface area contributed by atoms with Crippen LogP contribution in [-0.2, 0) is 9.53 Å². The summed E-state index contributed by atoms with van der Waals surface area (Å²) in [5.41, 5.74) is 2.47. The molecular weight excluding hydrogens is 316 g/mol. The van der Waals surface area contributed by atoms with Crippen molar-refractivity contribution in [2.24, 2.45) is 0 Å². The van der Waals surface area contributed by atoms with E-state index in [0.29, 0.717) is 17.2 Å². The Hall–Kier alpha value is -3.13. The van der Waals surface area contributed by atoms with Crippen LogP contribution >= 0.6 is 0 Å². The predicted molar refractivity (Wildman–Crippen MR) is 95.2 cm³/mol. The first kappa shape index (κ1) is 18.2. The predicted octanol–water partition coefficient (Wildman–Crippen LogP) is 3.87. The van der Waals surface area contributed by atoms with Crippen LogP contribution in [0, 0.1) is 11.3 Å². The van der Waals surface area contributed by atoms with Crippen LogP contribution < -0.4 is 5.32 Å². The Morgan fingerprint density at radius 1 is 1.20 bits per heavy atom. The van der Waals surface area contributed by atoms with E-state index in [4.69, 9.17) is 10.00 Å². The number of hydrogen-bond donors (Lipinski definition) is 1. The first-order chi connectivity index (χ1) is 12.0. The number of rotatable bonds is 6. The maximum absolute atomic E-state index is 11.9. The number of carbonyl (C=O) groups excluding carboxylic acids is 2. The fraction of sp³-hybridized carbons (Fsp3) is 0.250. The highest BCUT2D eigenvalue weighted by Gasteiger charge is 2.11. The van der Waals surface area contributed by atoms with Crippen molar-refractivity contribution in [3.05, 3.63) is 65.2 Å². The Morgan fingerprint density at radius 2 is 1.92 bits per heavy atom. The van der Waals surface area contributed by atoms with Gasteiger partial charge in [-0.25, -0.2) is 4.79 Å². The van der Waals surface area contributed by atoms with Gasteiger partial charge in [0.1, 0.15) is 0 Å². The molecule has 0 saturated heterocycles. The Balaban J connectivity index is 1.88. The van der Waals surface area contributed by atoms with Gasteiger partial charge in [0, 0.05) is 5.69 Å². The third-order valence-electron chi connectivity index (χ3n) is 3.94. The Morgan fingerprint density at radius 3 is 2.56 bits per heavy atom. The topological polar surface area (TPSA) is 79.2 Å². The highest BCUT2D eigenvalue weighted by Crippen LogP contribution is 2.20. The van der Waals surface area contributed by atoms with E-state index >= 15 is 0 Å². The third-order valence-corrected chi connectivity index (χ3v) is 3.94.